The van der Waals surface area contributed by atoms with Gasteiger partial charge in [-0.05, 0) is 18.4 Å². The lowest BCUT2D eigenvalue weighted by Gasteiger charge is -2.23. The summed E-state index contributed by atoms with van der Waals surface area (Å²) in [4.78, 5) is 13.1. The third-order valence-electron chi connectivity index (χ3n) is 2.78. The Bertz CT molecular complexity index is 347. The predicted molar refractivity (Wildman–Crippen MR) is 74.6 cm³/mol. The van der Waals surface area contributed by atoms with Crippen LogP contribution in [0.15, 0.2) is 17.5 Å². The van der Waals surface area contributed by atoms with Gasteiger partial charge in [-0.15, -0.1) is 11.3 Å². The zero-order valence-corrected chi connectivity index (χ0v) is 11.6. The standard InChI is InChI=1S/C12H18N2OS2/c1-9(11-3-2-5-17-11)14-12(15)7-10-8-16-6-4-13-10/h2-3,5,9-10,13H,4,6-8H2,1H3,(H,14,15)/t9-,10?/m1/s1. The number of hydrogen-bond acceptors (Lipinski definition) is 4. The SMILES string of the molecule is C[C@@H](NC(=O)CC1CSCCN1)c1cccs1. The van der Waals surface area contributed by atoms with E-state index in [9.17, 15) is 4.79 Å². The maximum atomic E-state index is 11.9. The largest absolute Gasteiger partial charge is 0.349 e. The Kier molecular flexibility index (Phi) is 4.88. The summed E-state index contributed by atoms with van der Waals surface area (Å²) in [5.41, 5.74) is 0. The molecule has 1 fully saturated rings. The van der Waals surface area contributed by atoms with Gasteiger partial charge in [0.2, 0.25) is 5.91 Å². The fourth-order valence-corrected chi connectivity index (χ4v) is 3.57. The van der Waals surface area contributed by atoms with Crippen molar-refractivity contribution < 1.29 is 4.79 Å². The number of rotatable bonds is 4. The van der Waals surface area contributed by atoms with Gasteiger partial charge in [0.1, 0.15) is 0 Å². The summed E-state index contributed by atoms with van der Waals surface area (Å²) in [6.07, 6.45) is 0.586. The summed E-state index contributed by atoms with van der Waals surface area (Å²) in [5.74, 6) is 2.34. The highest BCUT2D eigenvalue weighted by atomic mass is 32.2. The van der Waals surface area contributed by atoms with E-state index in [1.54, 1.807) is 11.3 Å². The van der Waals surface area contributed by atoms with E-state index in [0.29, 0.717) is 12.5 Å². The molecule has 2 atom stereocenters. The number of nitrogens with one attached hydrogen (secondary N) is 2. The molecule has 1 aromatic rings. The van der Waals surface area contributed by atoms with Crippen molar-refractivity contribution in [2.24, 2.45) is 0 Å². The topological polar surface area (TPSA) is 41.1 Å². The van der Waals surface area contributed by atoms with E-state index >= 15 is 0 Å². The Balaban J connectivity index is 1.76. The first-order chi connectivity index (χ1) is 8.25. The van der Waals surface area contributed by atoms with Gasteiger partial charge in [0, 0.05) is 35.4 Å². The molecule has 0 aliphatic carbocycles. The van der Waals surface area contributed by atoms with Gasteiger partial charge in [-0.2, -0.15) is 11.8 Å². The summed E-state index contributed by atoms with van der Waals surface area (Å²) in [5, 5.41) is 8.47. The van der Waals surface area contributed by atoms with Crippen LogP contribution >= 0.6 is 23.1 Å². The molecule has 5 heteroatoms. The van der Waals surface area contributed by atoms with Crippen molar-refractivity contribution in [3.05, 3.63) is 22.4 Å². The van der Waals surface area contributed by atoms with Crippen molar-refractivity contribution in [3.63, 3.8) is 0 Å². The first kappa shape index (κ1) is 12.9. The van der Waals surface area contributed by atoms with Gasteiger partial charge in [0.15, 0.2) is 0 Å². The minimum absolute atomic E-state index is 0.124. The van der Waals surface area contributed by atoms with Crippen LogP contribution < -0.4 is 10.6 Å². The number of thiophene rings is 1. The molecular formula is C12H18N2OS2. The van der Waals surface area contributed by atoms with Gasteiger partial charge in [0.05, 0.1) is 6.04 Å². The van der Waals surface area contributed by atoms with Crippen LogP contribution in [0.5, 0.6) is 0 Å². The van der Waals surface area contributed by atoms with Crippen LogP contribution in [0, 0.1) is 0 Å². The highest BCUT2D eigenvalue weighted by Gasteiger charge is 2.18. The number of thioether (sulfide) groups is 1. The molecule has 0 saturated carbocycles. The van der Waals surface area contributed by atoms with Crippen LogP contribution in [0.25, 0.3) is 0 Å². The van der Waals surface area contributed by atoms with Gasteiger partial charge in [0.25, 0.3) is 0 Å². The Labute approximate surface area is 110 Å². The summed E-state index contributed by atoms with van der Waals surface area (Å²) < 4.78 is 0. The van der Waals surface area contributed by atoms with Gasteiger partial charge in [-0.1, -0.05) is 6.07 Å². The summed E-state index contributed by atoms with van der Waals surface area (Å²) in [6, 6.07) is 4.54. The molecule has 2 N–H and O–H groups in total. The second-order valence-corrected chi connectivity index (χ2v) is 6.36. The van der Waals surface area contributed by atoms with Crippen LogP contribution in [-0.2, 0) is 4.79 Å². The molecule has 17 heavy (non-hydrogen) atoms. The fourth-order valence-electron chi connectivity index (χ4n) is 1.88. The molecule has 1 saturated heterocycles. The quantitative estimate of drug-likeness (QED) is 0.879. The fraction of sp³-hybridized carbons (Fsp3) is 0.583. The lowest BCUT2D eigenvalue weighted by molar-refractivity contribution is -0.122. The third-order valence-corrected chi connectivity index (χ3v) is 4.96. The molecule has 1 aliphatic rings. The molecule has 0 bridgehead atoms. The van der Waals surface area contributed by atoms with Crippen LogP contribution in [-0.4, -0.2) is 30.0 Å². The number of amides is 1. The molecule has 1 unspecified atom stereocenters. The second-order valence-electron chi connectivity index (χ2n) is 4.23. The molecule has 94 valence electrons. The molecule has 0 aromatic carbocycles. The van der Waals surface area contributed by atoms with E-state index < -0.39 is 0 Å². The maximum Gasteiger partial charge on any atom is 0.222 e. The Morgan fingerprint density at radius 1 is 1.71 bits per heavy atom. The zero-order chi connectivity index (χ0) is 12.1. The molecule has 1 amide bonds. The molecule has 0 radical (unpaired) electrons. The average molecular weight is 270 g/mol. The van der Waals surface area contributed by atoms with Gasteiger partial charge in [-0.3, -0.25) is 4.79 Å². The van der Waals surface area contributed by atoms with Crippen molar-refractivity contribution in [1.29, 1.82) is 0 Å². The first-order valence-corrected chi connectivity index (χ1v) is 7.93. The molecule has 1 aromatic heterocycles. The van der Waals surface area contributed by atoms with Crippen molar-refractivity contribution >= 4 is 29.0 Å². The van der Waals surface area contributed by atoms with E-state index in [2.05, 4.69) is 16.7 Å². The monoisotopic (exact) mass is 270 g/mol. The van der Waals surface area contributed by atoms with Crippen LogP contribution in [0.2, 0.25) is 0 Å². The lowest BCUT2D eigenvalue weighted by atomic mass is 10.2. The molecule has 3 nitrogen and oxygen atoms in total. The second kappa shape index (κ2) is 6.42. The Hall–Kier alpha value is -0.520. The molecule has 2 rings (SSSR count). The van der Waals surface area contributed by atoms with Crippen molar-refractivity contribution in [3.8, 4) is 0 Å². The van der Waals surface area contributed by atoms with Gasteiger partial charge < -0.3 is 10.6 Å². The molecule has 0 spiro atoms. The summed E-state index contributed by atoms with van der Waals surface area (Å²) in [6.45, 7) is 3.05. The summed E-state index contributed by atoms with van der Waals surface area (Å²) in [7, 11) is 0. The number of carbonyl (C=O) groups is 1. The van der Waals surface area contributed by atoms with Crippen molar-refractivity contribution in [1.82, 2.24) is 10.6 Å². The lowest BCUT2D eigenvalue weighted by Crippen LogP contribution is -2.41. The van der Waals surface area contributed by atoms with Crippen LogP contribution in [0.3, 0.4) is 0 Å². The Morgan fingerprint density at radius 2 is 2.59 bits per heavy atom. The number of carbonyl (C=O) groups excluding carboxylic acids is 1. The van der Waals surface area contributed by atoms with Crippen molar-refractivity contribution in [2.45, 2.75) is 25.4 Å². The normalized spacial score (nSPS) is 22.1. The van der Waals surface area contributed by atoms with E-state index in [1.807, 2.05) is 30.1 Å². The summed E-state index contributed by atoms with van der Waals surface area (Å²) >= 11 is 3.61. The predicted octanol–water partition coefficient (Wildman–Crippen LogP) is 2.02. The van der Waals surface area contributed by atoms with Gasteiger partial charge >= 0.3 is 0 Å². The molecule has 1 aliphatic heterocycles. The Morgan fingerprint density at radius 3 is 3.24 bits per heavy atom. The minimum Gasteiger partial charge on any atom is -0.349 e. The smallest absolute Gasteiger partial charge is 0.222 e. The molecular weight excluding hydrogens is 252 g/mol. The third kappa shape index (κ3) is 4.01. The maximum absolute atomic E-state index is 11.9. The zero-order valence-electron chi connectivity index (χ0n) is 9.94. The van der Waals surface area contributed by atoms with Crippen LogP contribution in [0.1, 0.15) is 24.3 Å². The number of hydrogen-bond donors (Lipinski definition) is 2. The average Bonchev–Trinajstić information content (AvgIpc) is 2.83. The van der Waals surface area contributed by atoms with Crippen LogP contribution in [0.4, 0.5) is 0 Å². The molecule has 2 heterocycles. The minimum atomic E-state index is 0.124. The van der Waals surface area contributed by atoms with E-state index in [0.717, 1.165) is 18.1 Å². The first-order valence-electron chi connectivity index (χ1n) is 5.89. The van der Waals surface area contributed by atoms with E-state index in [4.69, 9.17) is 0 Å². The van der Waals surface area contributed by atoms with Gasteiger partial charge in [-0.25, -0.2) is 0 Å². The highest BCUT2D eigenvalue weighted by Crippen LogP contribution is 2.18. The highest BCUT2D eigenvalue weighted by molar-refractivity contribution is 7.99. The van der Waals surface area contributed by atoms with E-state index in [1.165, 1.54) is 4.88 Å². The van der Waals surface area contributed by atoms with E-state index in [-0.39, 0.29) is 11.9 Å². The van der Waals surface area contributed by atoms with Crippen molar-refractivity contribution in [2.75, 3.05) is 18.1 Å².